The number of nitrogens with zero attached hydrogens (tertiary/aromatic N) is 2. The molecule has 0 aliphatic carbocycles. The number of para-hydroxylation sites is 1. The molecule has 1 unspecified atom stereocenters. The fraction of sp³-hybridized carbons (Fsp3) is 0.273. The van der Waals surface area contributed by atoms with Gasteiger partial charge in [0.15, 0.2) is 0 Å². The van der Waals surface area contributed by atoms with Crippen molar-refractivity contribution < 1.29 is 10.2 Å². The molecule has 0 bridgehead atoms. The van der Waals surface area contributed by atoms with Crippen LogP contribution in [-0.2, 0) is 0 Å². The molecule has 6 heteroatoms. The van der Waals surface area contributed by atoms with Crippen LogP contribution in [-0.4, -0.2) is 38.6 Å². The second-order valence-corrected chi connectivity index (χ2v) is 4.81. The summed E-state index contributed by atoms with van der Waals surface area (Å²) in [5.74, 6) is 0.369. The van der Waals surface area contributed by atoms with Crippen LogP contribution in [0, 0.1) is 0 Å². The molecule has 1 atom stereocenters. The number of rotatable bonds is 4. The van der Waals surface area contributed by atoms with Gasteiger partial charge >= 0.3 is 0 Å². The Morgan fingerprint density at radius 1 is 1.29 bits per heavy atom. The van der Waals surface area contributed by atoms with Gasteiger partial charge in [-0.1, -0.05) is 18.2 Å². The summed E-state index contributed by atoms with van der Waals surface area (Å²) in [6.07, 6.45) is -0.757. The van der Waals surface area contributed by atoms with E-state index in [1.54, 1.807) is 0 Å². The Bertz CT molecular complexity index is 524. The quantitative estimate of drug-likeness (QED) is 0.503. The maximum atomic E-state index is 9.31. The van der Waals surface area contributed by atoms with Crippen molar-refractivity contribution in [1.82, 2.24) is 9.97 Å². The molecular weight excluding hydrogens is 260 g/mol. The predicted molar refractivity (Wildman–Crippen MR) is 68.4 cm³/mol. The summed E-state index contributed by atoms with van der Waals surface area (Å²) < 4.78 is 0. The van der Waals surface area contributed by atoms with Gasteiger partial charge in [0.1, 0.15) is 5.03 Å². The van der Waals surface area contributed by atoms with Gasteiger partial charge in [0.05, 0.1) is 18.2 Å². The second-order valence-electron chi connectivity index (χ2n) is 3.46. The highest BCUT2D eigenvalue weighted by atomic mass is 35.5. The van der Waals surface area contributed by atoms with Crippen LogP contribution in [0.5, 0.6) is 0 Å². The number of aliphatic hydroxyl groups excluding tert-OH is 2. The first-order chi connectivity index (χ1) is 8.20. The van der Waals surface area contributed by atoms with Crippen molar-refractivity contribution in [2.75, 3.05) is 12.4 Å². The third-order valence-electron chi connectivity index (χ3n) is 2.16. The van der Waals surface area contributed by atoms with Gasteiger partial charge in [0.2, 0.25) is 5.28 Å². The Labute approximate surface area is 108 Å². The minimum Gasteiger partial charge on any atom is -0.394 e. The molecule has 0 aliphatic heterocycles. The van der Waals surface area contributed by atoms with Gasteiger partial charge in [-0.2, -0.15) is 0 Å². The maximum absolute atomic E-state index is 9.31. The molecule has 90 valence electrons. The summed E-state index contributed by atoms with van der Waals surface area (Å²) in [6, 6.07) is 7.53. The van der Waals surface area contributed by atoms with Crippen LogP contribution < -0.4 is 0 Å². The average Bonchev–Trinajstić information content (AvgIpc) is 2.35. The van der Waals surface area contributed by atoms with E-state index in [1.165, 1.54) is 11.8 Å². The summed E-state index contributed by atoms with van der Waals surface area (Å²) >= 11 is 7.18. The highest BCUT2D eigenvalue weighted by molar-refractivity contribution is 7.99. The SMILES string of the molecule is OCC(O)CSc1nc(Cl)nc2ccccc12. The third kappa shape index (κ3) is 3.07. The van der Waals surface area contributed by atoms with Crippen LogP contribution >= 0.6 is 23.4 Å². The number of hydrogen-bond donors (Lipinski definition) is 2. The zero-order valence-corrected chi connectivity index (χ0v) is 10.4. The summed E-state index contributed by atoms with van der Waals surface area (Å²) in [5.41, 5.74) is 0.772. The summed E-state index contributed by atoms with van der Waals surface area (Å²) in [7, 11) is 0. The topological polar surface area (TPSA) is 66.2 Å². The van der Waals surface area contributed by atoms with Crippen LogP contribution in [0.3, 0.4) is 0 Å². The molecule has 2 rings (SSSR count). The number of thioether (sulfide) groups is 1. The molecule has 0 aliphatic rings. The lowest BCUT2D eigenvalue weighted by atomic mass is 10.2. The third-order valence-corrected chi connectivity index (χ3v) is 3.47. The van der Waals surface area contributed by atoms with Gasteiger partial charge in [-0.05, 0) is 17.7 Å². The number of benzene rings is 1. The molecule has 17 heavy (non-hydrogen) atoms. The Morgan fingerprint density at radius 2 is 2.06 bits per heavy atom. The van der Waals surface area contributed by atoms with Crippen molar-refractivity contribution in [3.63, 3.8) is 0 Å². The summed E-state index contributed by atoms with van der Waals surface area (Å²) in [4.78, 5) is 8.24. The van der Waals surface area contributed by atoms with Crippen molar-refractivity contribution in [3.05, 3.63) is 29.5 Å². The summed E-state index contributed by atoms with van der Waals surface area (Å²) in [5, 5.41) is 19.9. The minimum atomic E-state index is -0.757. The molecule has 0 spiro atoms. The number of fused-ring (bicyclic) bond motifs is 1. The Hall–Kier alpha value is -0.880. The predicted octanol–water partition coefficient (Wildman–Crippen LogP) is 1.73. The molecule has 0 radical (unpaired) electrons. The lowest BCUT2D eigenvalue weighted by molar-refractivity contribution is 0.113. The molecule has 0 amide bonds. The van der Waals surface area contributed by atoms with Crippen molar-refractivity contribution in [3.8, 4) is 0 Å². The highest BCUT2D eigenvalue weighted by Gasteiger charge is 2.09. The molecule has 0 saturated heterocycles. The molecule has 2 N–H and O–H groups in total. The molecule has 1 heterocycles. The summed E-state index contributed by atoms with van der Waals surface area (Å²) in [6.45, 7) is -0.260. The van der Waals surface area contributed by atoms with Gasteiger partial charge in [-0.25, -0.2) is 9.97 Å². The van der Waals surface area contributed by atoms with E-state index in [0.717, 1.165) is 10.9 Å². The van der Waals surface area contributed by atoms with Gasteiger partial charge in [-0.15, -0.1) is 11.8 Å². The highest BCUT2D eigenvalue weighted by Crippen LogP contribution is 2.26. The van der Waals surface area contributed by atoms with Gasteiger partial charge in [0, 0.05) is 11.1 Å². The Morgan fingerprint density at radius 3 is 2.82 bits per heavy atom. The largest absolute Gasteiger partial charge is 0.394 e. The van der Waals surface area contributed by atoms with Crippen LogP contribution in [0.4, 0.5) is 0 Å². The van der Waals surface area contributed by atoms with Gasteiger partial charge < -0.3 is 10.2 Å². The van der Waals surface area contributed by atoms with E-state index >= 15 is 0 Å². The zero-order valence-electron chi connectivity index (χ0n) is 8.88. The van der Waals surface area contributed by atoms with Crippen molar-refractivity contribution in [1.29, 1.82) is 0 Å². The lowest BCUT2D eigenvalue weighted by Crippen LogP contribution is -2.14. The van der Waals surface area contributed by atoms with Gasteiger partial charge in [0.25, 0.3) is 0 Å². The van der Waals surface area contributed by atoms with Crippen LogP contribution in [0.1, 0.15) is 0 Å². The fourth-order valence-corrected chi connectivity index (χ4v) is 2.52. The van der Waals surface area contributed by atoms with Crippen molar-refractivity contribution >= 4 is 34.3 Å². The minimum absolute atomic E-state index is 0.185. The van der Waals surface area contributed by atoms with E-state index in [1.807, 2.05) is 24.3 Å². The van der Waals surface area contributed by atoms with Crippen LogP contribution in [0.25, 0.3) is 10.9 Å². The van der Waals surface area contributed by atoms with E-state index in [-0.39, 0.29) is 11.9 Å². The smallest absolute Gasteiger partial charge is 0.224 e. The Kier molecular flexibility index (Phi) is 4.17. The van der Waals surface area contributed by atoms with Crippen LogP contribution in [0.2, 0.25) is 5.28 Å². The molecule has 1 aromatic heterocycles. The van der Waals surface area contributed by atoms with E-state index in [4.69, 9.17) is 16.7 Å². The first-order valence-corrected chi connectivity index (χ1v) is 6.41. The number of aliphatic hydroxyl groups is 2. The first kappa shape index (κ1) is 12.6. The zero-order chi connectivity index (χ0) is 12.3. The number of aromatic nitrogens is 2. The monoisotopic (exact) mass is 270 g/mol. The Balaban J connectivity index is 2.32. The normalized spacial score (nSPS) is 12.9. The lowest BCUT2D eigenvalue weighted by Gasteiger charge is -2.08. The first-order valence-electron chi connectivity index (χ1n) is 5.04. The molecule has 4 nitrogen and oxygen atoms in total. The molecule has 1 aromatic carbocycles. The van der Waals surface area contributed by atoms with Crippen LogP contribution in [0.15, 0.2) is 29.3 Å². The fourth-order valence-electron chi connectivity index (χ4n) is 1.36. The average molecular weight is 271 g/mol. The van der Waals surface area contributed by atoms with E-state index in [2.05, 4.69) is 9.97 Å². The number of hydrogen-bond acceptors (Lipinski definition) is 5. The molecule has 2 aromatic rings. The van der Waals surface area contributed by atoms with E-state index < -0.39 is 6.10 Å². The second kappa shape index (κ2) is 5.64. The van der Waals surface area contributed by atoms with Crippen molar-refractivity contribution in [2.24, 2.45) is 0 Å². The molecule has 0 saturated carbocycles. The molecular formula is C11H11ClN2O2S. The van der Waals surface area contributed by atoms with Gasteiger partial charge in [-0.3, -0.25) is 0 Å². The van der Waals surface area contributed by atoms with Crippen molar-refractivity contribution in [2.45, 2.75) is 11.1 Å². The van der Waals surface area contributed by atoms with E-state index in [9.17, 15) is 5.11 Å². The maximum Gasteiger partial charge on any atom is 0.224 e. The number of halogens is 1. The molecule has 0 fully saturated rings. The van der Waals surface area contributed by atoms with E-state index in [0.29, 0.717) is 10.8 Å². The standard InChI is InChI=1S/C11H11ClN2O2S/c12-11-13-9-4-2-1-3-8(9)10(14-11)17-6-7(16)5-15/h1-4,7,15-16H,5-6H2.